The summed E-state index contributed by atoms with van der Waals surface area (Å²) in [4.78, 5) is 37.0. The van der Waals surface area contributed by atoms with Crippen molar-refractivity contribution in [3.8, 4) is 34.0 Å². The average Bonchev–Trinajstić information content (AvgIpc) is 3.59. The Hall–Kier alpha value is -5.12. The topological polar surface area (TPSA) is 93.2 Å². The number of carbonyl (C=O) groups is 2. The van der Waals surface area contributed by atoms with Crippen molar-refractivity contribution >= 4 is 44.8 Å². The fraction of sp³-hybridized carbons (Fsp3) is 0.0588. The molecule has 4 aromatic carbocycles. The fourth-order valence-corrected chi connectivity index (χ4v) is 6.11. The van der Waals surface area contributed by atoms with E-state index in [0.29, 0.717) is 32.9 Å². The highest BCUT2D eigenvalue weighted by atomic mass is 32.1. The number of amides is 2. The molecule has 0 spiro atoms. The zero-order valence-electron chi connectivity index (χ0n) is 23.3. The van der Waals surface area contributed by atoms with Gasteiger partial charge in [-0.3, -0.25) is 20.2 Å². The lowest BCUT2D eigenvalue weighted by Gasteiger charge is -2.08. The number of carbonyl (C=O) groups excluding carboxylic acids is 2. The molecule has 43 heavy (non-hydrogen) atoms. The third-order valence-electron chi connectivity index (χ3n) is 6.60. The summed E-state index contributed by atoms with van der Waals surface area (Å²) in [5.41, 5.74) is 4.73. The van der Waals surface area contributed by atoms with Crippen LogP contribution in [0.25, 0.3) is 22.5 Å². The second kappa shape index (κ2) is 12.4. The van der Waals surface area contributed by atoms with Crippen LogP contribution in [0.2, 0.25) is 0 Å². The van der Waals surface area contributed by atoms with E-state index in [-0.39, 0.29) is 11.8 Å². The Morgan fingerprint density at radius 2 is 0.930 bits per heavy atom. The van der Waals surface area contributed by atoms with E-state index in [0.717, 1.165) is 32.3 Å². The third kappa shape index (κ3) is 6.53. The SMILES string of the molecule is Cc1sc(NC(=O)c2ccc(Oc3ccc(C(=O)Nc4nc(-c5ccccc5)c(C)s4)cc3)cc2)nc1-c1ccccc1. The minimum absolute atomic E-state index is 0.249. The molecule has 2 heterocycles. The molecule has 0 fully saturated rings. The molecule has 7 nitrogen and oxygen atoms in total. The Labute approximate surface area is 256 Å². The van der Waals surface area contributed by atoms with Gasteiger partial charge in [0.1, 0.15) is 11.5 Å². The molecule has 2 N–H and O–H groups in total. The molecule has 6 aromatic rings. The normalized spacial score (nSPS) is 10.7. The summed E-state index contributed by atoms with van der Waals surface area (Å²) in [6.45, 7) is 3.98. The summed E-state index contributed by atoms with van der Waals surface area (Å²) in [5.74, 6) is 0.636. The second-order valence-electron chi connectivity index (χ2n) is 9.64. The van der Waals surface area contributed by atoms with Gasteiger partial charge in [0.05, 0.1) is 11.4 Å². The molecule has 0 saturated carbocycles. The second-order valence-corrected chi connectivity index (χ2v) is 12.0. The average molecular weight is 603 g/mol. The van der Waals surface area contributed by atoms with Crippen molar-refractivity contribution in [3.63, 3.8) is 0 Å². The Morgan fingerprint density at radius 3 is 1.30 bits per heavy atom. The number of nitrogens with zero attached hydrogens (tertiary/aromatic N) is 2. The van der Waals surface area contributed by atoms with Gasteiger partial charge in [0, 0.05) is 32.0 Å². The number of hydrogen-bond donors (Lipinski definition) is 2. The molecule has 9 heteroatoms. The first kappa shape index (κ1) is 28.0. The summed E-state index contributed by atoms with van der Waals surface area (Å²) in [6.07, 6.45) is 0. The van der Waals surface area contributed by atoms with Gasteiger partial charge in [-0.05, 0) is 62.4 Å². The van der Waals surface area contributed by atoms with Gasteiger partial charge in [-0.15, -0.1) is 22.7 Å². The first-order chi connectivity index (χ1) is 20.9. The maximum atomic E-state index is 12.8. The van der Waals surface area contributed by atoms with E-state index < -0.39 is 0 Å². The van der Waals surface area contributed by atoms with Gasteiger partial charge in [-0.2, -0.15) is 0 Å². The number of nitrogens with one attached hydrogen (secondary N) is 2. The number of thiazole rings is 2. The van der Waals surface area contributed by atoms with Crippen LogP contribution in [0.3, 0.4) is 0 Å². The van der Waals surface area contributed by atoms with Crippen LogP contribution in [-0.4, -0.2) is 21.8 Å². The highest BCUT2D eigenvalue weighted by Crippen LogP contribution is 2.32. The molecule has 6 rings (SSSR count). The third-order valence-corrected chi connectivity index (χ3v) is 8.37. The van der Waals surface area contributed by atoms with Crippen molar-refractivity contribution < 1.29 is 14.3 Å². The first-order valence-corrected chi connectivity index (χ1v) is 15.1. The van der Waals surface area contributed by atoms with Gasteiger partial charge in [-0.1, -0.05) is 60.7 Å². The van der Waals surface area contributed by atoms with Gasteiger partial charge in [0.2, 0.25) is 0 Å². The van der Waals surface area contributed by atoms with Gasteiger partial charge in [0.15, 0.2) is 10.3 Å². The molecule has 0 aliphatic carbocycles. The van der Waals surface area contributed by atoms with Crippen molar-refractivity contribution in [2.45, 2.75) is 13.8 Å². The monoisotopic (exact) mass is 602 g/mol. The number of anilines is 2. The maximum Gasteiger partial charge on any atom is 0.257 e. The van der Waals surface area contributed by atoms with Crippen molar-refractivity contribution in [1.29, 1.82) is 0 Å². The Balaban J connectivity index is 1.05. The number of ether oxygens (including phenoxy) is 1. The summed E-state index contributed by atoms with van der Waals surface area (Å²) < 4.78 is 5.94. The largest absolute Gasteiger partial charge is 0.457 e. The van der Waals surface area contributed by atoms with Crippen molar-refractivity contribution in [1.82, 2.24) is 9.97 Å². The van der Waals surface area contributed by atoms with Crippen LogP contribution in [0.15, 0.2) is 109 Å². The zero-order chi connectivity index (χ0) is 29.8. The molecule has 0 aliphatic rings. The molecule has 0 radical (unpaired) electrons. The lowest BCUT2D eigenvalue weighted by molar-refractivity contribution is 0.101. The Kier molecular flexibility index (Phi) is 8.08. The van der Waals surface area contributed by atoms with Crippen LogP contribution >= 0.6 is 22.7 Å². The summed E-state index contributed by atoms with van der Waals surface area (Å²) in [5, 5.41) is 6.88. The molecule has 2 amide bonds. The molecule has 0 saturated heterocycles. The number of aryl methyl sites for hydroxylation is 2. The Bertz CT molecular complexity index is 1740. The fourth-order valence-electron chi connectivity index (χ4n) is 4.45. The standard InChI is InChI=1S/C34H26N4O3S2/c1-21-29(23-9-5-3-6-10-23)35-33(42-21)37-31(39)25-13-17-27(18-14-25)41-28-19-15-26(16-20-28)32(40)38-34-36-30(22(2)43-34)24-11-7-4-8-12-24/h3-20H,1-2H3,(H,35,37,39)(H,36,38,40). The lowest BCUT2D eigenvalue weighted by atomic mass is 10.1. The lowest BCUT2D eigenvalue weighted by Crippen LogP contribution is -2.11. The van der Waals surface area contributed by atoms with Crippen LogP contribution in [-0.2, 0) is 0 Å². The number of benzene rings is 4. The number of rotatable bonds is 8. The molecular weight excluding hydrogens is 577 g/mol. The molecule has 0 atom stereocenters. The van der Waals surface area contributed by atoms with E-state index in [4.69, 9.17) is 4.74 Å². The molecule has 0 bridgehead atoms. The van der Waals surface area contributed by atoms with Crippen molar-refractivity contribution in [2.75, 3.05) is 10.6 Å². The van der Waals surface area contributed by atoms with Gasteiger partial charge in [-0.25, -0.2) is 9.97 Å². The highest BCUT2D eigenvalue weighted by Gasteiger charge is 2.15. The van der Waals surface area contributed by atoms with E-state index in [2.05, 4.69) is 20.6 Å². The Morgan fingerprint density at radius 1 is 0.558 bits per heavy atom. The molecule has 2 aromatic heterocycles. The smallest absolute Gasteiger partial charge is 0.257 e. The van der Waals surface area contributed by atoms with Crippen LogP contribution in [0.1, 0.15) is 30.5 Å². The van der Waals surface area contributed by atoms with Crippen LogP contribution in [0.5, 0.6) is 11.5 Å². The van der Waals surface area contributed by atoms with E-state index in [1.165, 1.54) is 22.7 Å². The minimum atomic E-state index is -0.249. The molecule has 0 aliphatic heterocycles. The van der Waals surface area contributed by atoms with Crippen LogP contribution < -0.4 is 15.4 Å². The van der Waals surface area contributed by atoms with E-state index in [1.807, 2.05) is 74.5 Å². The van der Waals surface area contributed by atoms with Gasteiger partial charge < -0.3 is 4.74 Å². The minimum Gasteiger partial charge on any atom is -0.457 e. The predicted molar refractivity (Wildman–Crippen MR) is 173 cm³/mol. The van der Waals surface area contributed by atoms with E-state index >= 15 is 0 Å². The van der Waals surface area contributed by atoms with Crippen LogP contribution in [0.4, 0.5) is 10.3 Å². The number of aromatic nitrogens is 2. The quantitative estimate of drug-likeness (QED) is 0.182. The first-order valence-electron chi connectivity index (χ1n) is 13.5. The molecular formula is C34H26N4O3S2. The summed E-state index contributed by atoms with van der Waals surface area (Å²) >= 11 is 2.88. The molecule has 212 valence electrons. The zero-order valence-corrected chi connectivity index (χ0v) is 25.0. The predicted octanol–water partition coefficient (Wildman–Crippen LogP) is 8.85. The van der Waals surface area contributed by atoms with Crippen LogP contribution in [0, 0.1) is 13.8 Å². The van der Waals surface area contributed by atoms with Crippen molar-refractivity contribution in [2.24, 2.45) is 0 Å². The van der Waals surface area contributed by atoms with Gasteiger partial charge >= 0.3 is 0 Å². The van der Waals surface area contributed by atoms with Gasteiger partial charge in [0.25, 0.3) is 11.8 Å². The molecule has 0 unspecified atom stereocenters. The highest BCUT2D eigenvalue weighted by molar-refractivity contribution is 7.16. The van der Waals surface area contributed by atoms with E-state index in [9.17, 15) is 9.59 Å². The summed E-state index contributed by atoms with van der Waals surface area (Å²) in [7, 11) is 0. The van der Waals surface area contributed by atoms with Crippen molar-refractivity contribution in [3.05, 3.63) is 130 Å². The van der Waals surface area contributed by atoms with E-state index in [1.54, 1.807) is 48.5 Å². The maximum absolute atomic E-state index is 12.8. The summed E-state index contributed by atoms with van der Waals surface area (Å²) in [6, 6.07) is 33.5. The number of hydrogen-bond acceptors (Lipinski definition) is 7.